The van der Waals surface area contributed by atoms with E-state index in [0.717, 1.165) is 0 Å². The normalized spacial score (nSPS) is 9.89. The monoisotopic (exact) mass is 280 g/mol. The van der Waals surface area contributed by atoms with Crippen LogP contribution in [0.4, 0.5) is 15.8 Å². The molecule has 0 bridgehead atoms. The van der Waals surface area contributed by atoms with E-state index in [1.54, 1.807) is 18.2 Å². The minimum atomic E-state index is -0.455. The molecule has 0 aliphatic carbocycles. The van der Waals surface area contributed by atoms with Gasteiger partial charge in [0.25, 0.3) is 0 Å². The summed E-state index contributed by atoms with van der Waals surface area (Å²) in [7, 11) is 0. The van der Waals surface area contributed by atoms with Gasteiger partial charge in [0.05, 0.1) is 16.9 Å². The Kier molecular flexibility index (Phi) is 3.71. The molecule has 0 saturated carbocycles. The summed E-state index contributed by atoms with van der Waals surface area (Å²) in [6, 6.07) is 10.9. The van der Waals surface area contributed by atoms with Crippen LogP contribution in [0.25, 0.3) is 0 Å². The lowest BCUT2D eigenvalue weighted by Crippen LogP contribution is -1.96. The number of halogens is 3. The maximum Gasteiger partial charge on any atom is 0.146 e. The van der Waals surface area contributed by atoms with E-state index in [-0.39, 0.29) is 5.69 Å². The number of benzene rings is 2. The van der Waals surface area contributed by atoms with Crippen molar-refractivity contribution in [2.75, 3.05) is 5.32 Å². The molecule has 0 aliphatic heterocycles. The molecule has 2 rings (SSSR count). The van der Waals surface area contributed by atoms with Gasteiger partial charge in [0.2, 0.25) is 0 Å². The van der Waals surface area contributed by atoms with Crippen LogP contribution in [0.5, 0.6) is 0 Å². The molecule has 2 nitrogen and oxygen atoms in total. The molecule has 0 fully saturated rings. The van der Waals surface area contributed by atoms with Gasteiger partial charge in [-0.05, 0) is 36.4 Å². The molecule has 5 heteroatoms. The Morgan fingerprint density at radius 1 is 1.00 bits per heavy atom. The molecular weight excluding hydrogens is 274 g/mol. The fourth-order valence-electron chi connectivity index (χ4n) is 1.46. The zero-order valence-corrected chi connectivity index (χ0v) is 10.6. The number of hydrogen-bond acceptors (Lipinski definition) is 2. The van der Waals surface area contributed by atoms with Crippen molar-refractivity contribution < 1.29 is 4.39 Å². The maximum absolute atomic E-state index is 13.6. The smallest absolute Gasteiger partial charge is 0.146 e. The minimum Gasteiger partial charge on any atom is -0.352 e. The summed E-state index contributed by atoms with van der Waals surface area (Å²) in [5, 5.41) is 12.6. The Labute approximate surface area is 114 Å². The largest absolute Gasteiger partial charge is 0.352 e. The van der Waals surface area contributed by atoms with E-state index < -0.39 is 5.82 Å². The van der Waals surface area contributed by atoms with E-state index in [9.17, 15) is 4.39 Å². The summed E-state index contributed by atoms with van der Waals surface area (Å²) in [6.45, 7) is 0. The molecule has 1 N–H and O–H groups in total. The Bertz CT molecular complexity index is 635. The van der Waals surface area contributed by atoms with Crippen LogP contribution < -0.4 is 5.32 Å². The van der Waals surface area contributed by atoms with Crippen LogP contribution in [0.15, 0.2) is 36.4 Å². The van der Waals surface area contributed by atoms with Crippen molar-refractivity contribution >= 4 is 34.6 Å². The second-order valence-corrected chi connectivity index (χ2v) is 4.42. The number of nitrogens with one attached hydrogen (secondary N) is 1. The highest BCUT2D eigenvalue weighted by molar-refractivity contribution is 6.31. The molecule has 0 atom stereocenters. The molecule has 2 aromatic rings. The molecule has 0 aliphatic rings. The van der Waals surface area contributed by atoms with E-state index in [1.807, 2.05) is 6.07 Å². The summed E-state index contributed by atoms with van der Waals surface area (Å²) in [4.78, 5) is 0. The minimum absolute atomic E-state index is 0.196. The van der Waals surface area contributed by atoms with Crippen molar-refractivity contribution in [3.63, 3.8) is 0 Å². The number of nitriles is 1. The fraction of sp³-hybridized carbons (Fsp3) is 0. The van der Waals surface area contributed by atoms with Crippen molar-refractivity contribution in [3.8, 4) is 6.07 Å². The van der Waals surface area contributed by atoms with Crippen LogP contribution in [0, 0.1) is 17.1 Å². The Hall–Kier alpha value is -1.76. The lowest BCUT2D eigenvalue weighted by atomic mass is 10.2. The van der Waals surface area contributed by atoms with E-state index >= 15 is 0 Å². The molecule has 0 saturated heterocycles. The SMILES string of the molecule is N#Cc1ccc(Cl)cc1Nc1cc(Cl)ccc1F. The van der Waals surface area contributed by atoms with Gasteiger partial charge >= 0.3 is 0 Å². The third-order valence-corrected chi connectivity index (χ3v) is 2.77. The van der Waals surface area contributed by atoms with Crippen molar-refractivity contribution in [2.45, 2.75) is 0 Å². The summed E-state index contributed by atoms with van der Waals surface area (Å²) in [6.07, 6.45) is 0. The van der Waals surface area contributed by atoms with Crippen LogP contribution >= 0.6 is 23.2 Å². The first kappa shape index (κ1) is 12.7. The van der Waals surface area contributed by atoms with Gasteiger partial charge in [-0.1, -0.05) is 23.2 Å². The average Bonchev–Trinajstić information content (AvgIpc) is 2.34. The molecule has 0 heterocycles. The predicted octanol–water partition coefficient (Wildman–Crippen LogP) is 4.75. The highest BCUT2D eigenvalue weighted by Gasteiger charge is 2.07. The van der Waals surface area contributed by atoms with Gasteiger partial charge in [-0.3, -0.25) is 0 Å². The number of rotatable bonds is 2. The molecule has 90 valence electrons. The van der Waals surface area contributed by atoms with Gasteiger partial charge in [0.15, 0.2) is 0 Å². The van der Waals surface area contributed by atoms with Crippen LogP contribution in [-0.2, 0) is 0 Å². The first-order valence-corrected chi connectivity index (χ1v) is 5.77. The first-order chi connectivity index (χ1) is 8.60. The fourth-order valence-corrected chi connectivity index (χ4v) is 1.80. The van der Waals surface area contributed by atoms with Crippen LogP contribution in [-0.4, -0.2) is 0 Å². The first-order valence-electron chi connectivity index (χ1n) is 5.02. The quantitative estimate of drug-likeness (QED) is 0.862. The average molecular weight is 281 g/mol. The molecule has 0 amide bonds. The molecule has 18 heavy (non-hydrogen) atoms. The van der Waals surface area contributed by atoms with Gasteiger partial charge in [-0.25, -0.2) is 4.39 Å². The second kappa shape index (κ2) is 5.26. The number of anilines is 2. The van der Waals surface area contributed by atoms with Crippen molar-refractivity contribution in [1.82, 2.24) is 0 Å². The van der Waals surface area contributed by atoms with Crippen molar-refractivity contribution in [3.05, 3.63) is 57.8 Å². The third-order valence-electron chi connectivity index (χ3n) is 2.30. The molecule has 0 radical (unpaired) electrons. The second-order valence-electron chi connectivity index (χ2n) is 3.55. The lowest BCUT2D eigenvalue weighted by Gasteiger charge is -2.09. The highest BCUT2D eigenvalue weighted by atomic mass is 35.5. The van der Waals surface area contributed by atoms with E-state index in [4.69, 9.17) is 28.5 Å². The van der Waals surface area contributed by atoms with Crippen molar-refractivity contribution in [1.29, 1.82) is 5.26 Å². The summed E-state index contributed by atoms with van der Waals surface area (Å²) in [5.41, 5.74) is 1.01. The Morgan fingerprint density at radius 3 is 2.28 bits per heavy atom. The van der Waals surface area contributed by atoms with E-state index in [0.29, 0.717) is 21.3 Å². The summed E-state index contributed by atoms with van der Waals surface area (Å²) >= 11 is 11.6. The maximum atomic E-state index is 13.6. The van der Waals surface area contributed by atoms with Gasteiger partial charge in [-0.15, -0.1) is 0 Å². The highest BCUT2D eigenvalue weighted by Crippen LogP contribution is 2.27. The molecule has 0 unspecified atom stereocenters. The molecule has 0 spiro atoms. The van der Waals surface area contributed by atoms with Crippen LogP contribution in [0.2, 0.25) is 10.0 Å². The molecular formula is C13H7Cl2FN2. The van der Waals surface area contributed by atoms with E-state index in [1.165, 1.54) is 18.2 Å². The number of nitrogens with zero attached hydrogens (tertiary/aromatic N) is 1. The van der Waals surface area contributed by atoms with Gasteiger partial charge in [0, 0.05) is 10.0 Å². The zero-order valence-electron chi connectivity index (χ0n) is 9.05. The van der Waals surface area contributed by atoms with Crippen LogP contribution in [0.3, 0.4) is 0 Å². The summed E-state index contributed by atoms with van der Waals surface area (Å²) in [5.74, 6) is -0.455. The van der Waals surface area contributed by atoms with Gasteiger partial charge < -0.3 is 5.32 Å². The lowest BCUT2D eigenvalue weighted by molar-refractivity contribution is 0.632. The Morgan fingerprint density at radius 2 is 1.61 bits per heavy atom. The Balaban J connectivity index is 2.43. The zero-order chi connectivity index (χ0) is 13.1. The van der Waals surface area contributed by atoms with Gasteiger partial charge in [-0.2, -0.15) is 5.26 Å². The molecule has 2 aromatic carbocycles. The van der Waals surface area contributed by atoms with Crippen LogP contribution in [0.1, 0.15) is 5.56 Å². The summed E-state index contributed by atoms with van der Waals surface area (Å²) < 4.78 is 13.6. The van der Waals surface area contributed by atoms with E-state index in [2.05, 4.69) is 5.32 Å². The standard InChI is InChI=1S/C13H7Cl2FN2/c14-9-2-1-8(7-17)12(5-9)18-13-6-10(15)3-4-11(13)16/h1-6,18H. The third kappa shape index (κ3) is 2.73. The van der Waals surface area contributed by atoms with Crippen molar-refractivity contribution in [2.24, 2.45) is 0 Å². The topological polar surface area (TPSA) is 35.8 Å². The van der Waals surface area contributed by atoms with Gasteiger partial charge in [0.1, 0.15) is 11.9 Å². The predicted molar refractivity (Wildman–Crippen MR) is 70.9 cm³/mol. The molecule has 0 aromatic heterocycles. The number of hydrogen-bond donors (Lipinski definition) is 1.